The van der Waals surface area contributed by atoms with E-state index < -0.39 is 0 Å². The molecule has 0 spiro atoms. The van der Waals surface area contributed by atoms with Crippen LogP contribution in [0, 0.1) is 0 Å². The molecule has 2 aromatic carbocycles. The van der Waals surface area contributed by atoms with E-state index in [2.05, 4.69) is 40.1 Å². The van der Waals surface area contributed by atoms with Crippen LogP contribution >= 0.6 is 27.3 Å². The quantitative estimate of drug-likeness (QED) is 0.578. The lowest BCUT2D eigenvalue weighted by atomic mass is 10.0. The third-order valence-corrected chi connectivity index (χ3v) is 5.39. The summed E-state index contributed by atoms with van der Waals surface area (Å²) in [5.41, 5.74) is 1.94. The smallest absolute Gasteiger partial charge is 0.264 e. The van der Waals surface area contributed by atoms with E-state index in [1.807, 2.05) is 36.4 Å². The van der Waals surface area contributed by atoms with Crippen LogP contribution in [0.2, 0.25) is 0 Å². The van der Waals surface area contributed by atoms with Gasteiger partial charge in [-0.1, -0.05) is 37.3 Å². The van der Waals surface area contributed by atoms with Gasteiger partial charge in [0.1, 0.15) is 17.0 Å². The number of methoxy groups -OCH3 is 1. The van der Waals surface area contributed by atoms with E-state index in [1.54, 1.807) is 7.11 Å². The number of halogens is 1. The molecule has 0 bridgehead atoms. The molecular weight excluding hydrogens is 416 g/mol. The summed E-state index contributed by atoms with van der Waals surface area (Å²) in [6.07, 6.45) is 0. The number of anilines is 1. The summed E-state index contributed by atoms with van der Waals surface area (Å²) in [4.78, 5) is 16.6. The first-order valence-corrected chi connectivity index (χ1v) is 9.74. The number of benzene rings is 2. The number of amides is 1. The van der Waals surface area contributed by atoms with Crippen LogP contribution < -0.4 is 14.8 Å². The summed E-state index contributed by atoms with van der Waals surface area (Å²) in [7, 11) is 1.60. The summed E-state index contributed by atoms with van der Waals surface area (Å²) in [6.45, 7) is 4.16. The van der Waals surface area contributed by atoms with E-state index >= 15 is 0 Å². The molecule has 0 aliphatic carbocycles. The van der Waals surface area contributed by atoms with Crippen LogP contribution in [0.5, 0.6) is 11.5 Å². The summed E-state index contributed by atoms with van der Waals surface area (Å²) in [5.74, 6) is 1.49. The molecule has 7 heteroatoms. The third-order valence-electron chi connectivity index (χ3n) is 3.83. The first-order chi connectivity index (χ1) is 12.5. The molecule has 0 saturated heterocycles. The summed E-state index contributed by atoms with van der Waals surface area (Å²) >= 11 is 4.89. The lowest BCUT2D eigenvalue weighted by Gasteiger charge is -2.11. The van der Waals surface area contributed by atoms with E-state index in [9.17, 15) is 4.79 Å². The number of rotatable bonds is 6. The van der Waals surface area contributed by atoms with E-state index in [0.717, 1.165) is 14.7 Å². The molecule has 136 valence electrons. The van der Waals surface area contributed by atoms with Crippen LogP contribution in [0.25, 0.3) is 10.2 Å². The van der Waals surface area contributed by atoms with Gasteiger partial charge in [0.2, 0.25) is 0 Å². The Labute approximate surface area is 164 Å². The first-order valence-electron chi connectivity index (χ1n) is 8.13. The van der Waals surface area contributed by atoms with E-state index in [-0.39, 0.29) is 12.5 Å². The van der Waals surface area contributed by atoms with Gasteiger partial charge in [-0.25, -0.2) is 4.98 Å². The van der Waals surface area contributed by atoms with Gasteiger partial charge in [0.15, 0.2) is 11.7 Å². The Morgan fingerprint density at radius 3 is 2.77 bits per heavy atom. The molecule has 0 saturated carbocycles. The Bertz CT molecular complexity index is 940. The zero-order valence-corrected chi connectivity index (χ0v) is 17.1. The number of hydrogen-bond donors (Lipinski definition) is 1. The van der Waals surface area contributed by atoms with Crippen LogP contribution in [-0.4, -0.2) is 24.6 Å². The number of fused-ring (bicyclic) bond motifs is 1. The van der Waals surface area contributed by atoms with Gasteiger partial charge in [0.05, 0.1) is 16.3 Å². The predicted octanol–water partition coefficient (Wildman–Crippen LogP) is 5.21. The number of ether oxygens (including phenoxy) is 2. The van der Waals surface area contributed by atoms with Crippen molar-refractivity contribution in [1.29, 1.82) is 0 Å². The molecule has 0 fully saturated rings. The topological polar surface area (TPSA) is 60.5 Å². The predicted molar refractivity (Wildman–Crippen MR) is 109 cm³/mol. The molecular formula is C19H19BrN2O3S. The second-order valence-corrected chi connectivity index (χ2v) is 7.89. The number of nitrogens with one attached hydrogen (secondary N) is 1. The molecule has 0 radical (unpaired) electrons. The SMILES string of the molecule is COc1cccc2sc(NC(=O)COc3ccc(C(C)C)cc3Br)nc12. The maximum absolute atomic E-state index is 12.2. The molecule has 0 atom stereocenters. The Hall–Kier alpha value is -2.12. The highest BCUT2D eigenvalue weighted by Crippen LogP contribution is 2.32. The van der Waals surface area contributed by atoms with Gasteiger partial charge in [0.25, 0.3) is 5.91 Å². The van der Waals surface area contributed by atoms with Gasteiger partial charge >= 0.3 is 0 Å². The third kappa shape index (κ3) is 4.16. The highest BCUT2D eigenvalue weighted by atomic mass is 79.9. The van der Waals surface area contributed by atoms with E-state index in [4.69, 9.17) is 9.47 Å². The minimum atomic E-state index is -0.261. The lowest BCUT2D eigenvalue weighted by molar-refractivity contribution is -0.118. The van der Waals surface area contributed by atoms with Crippen molar-refractivity contribution in [1.82, 2.24) is 4.98 Å². The Kier molecular flexibility index (Phi) is 5.78. The minimum absolute atomic E-state index is 0.0906. The van der Waals surface area contributed by atoms with Crippen molar-refractivity contribution in [2.75, 3.05) is 19.0 Å². The van der Waals surface area contributed by atoms with Crippen molar-refractivity contribution in [3.63, 3.8) is 0 Å². The number of aromatic nitrogens is 1. The summed E-state index contributed by atoms with van der Waals surface area (Å²) in [5, 5.41) is 3.30. The van der Waals surface area contributed by atoms with Gasteiger partial charge in [-0.15, -0.1) is 0 Å². The zero-order valence-electron chi connectivity index (χ0n) is 14.7. The average molecular weight is 435 g/mol. The van der Waals surface area contributed by atoms with Gasteiger partial charge < -0.3 is 9.47 Å². The normalized spacial score (nSPS) is 11.0. The number of thiazole rings is 1. The number of carbonyl (C=O) groups excluding carboxylic acids is 1. The molecule has 3 aromatic rings. The molecule has 0 aliphatic heterocycles. The van der Waals surface area contributed by atoms with Crippen LogP contribution in [0.1, 0.15) is 25.3 Å². The number of para-hydroxylation sites is 1. The highest BCUT2D eigenvalue weighted by Gasteiger charge is 2.12. The number of carbonyl (C=O) groups is 1. The molecule has 1 N–H and O–H groups in total. The molecule has 26 heavy (non-hydrogen) atoms. The number of nitrogens with zero attached hydrogens (tertiary/aromatic N) is 1. The Morgan fingerprint density at radius 1 is 1.27 bits per heavy atom. The molecule has 0 unspecified atom stereocenters. The zero-order chi connectivity index (χ0) is 18.7. The second kappa shape index (κ2) is 8.05. The van der Waals surface area contributed by atoms with Gasteiger partial charge in [0, 0.05) is 0 Å². The molecule has 0 aliphatic rings. The fraction of sp³-hybridized carbons (Fsp3) is 0.263. The molecule has 1 amide bonds. The van der Waals surface area contributed by atoms with Crippen LogP contribution in [-0.2, 0) is 4.79 Å². The monoisotopic (exact) mass is 434 g/mol. The first kappa shape index (κ1) is 18.7. The average Bonchev–Trinajstić information content (AvgIpc) is 3.02. The van der Waals surface area contributed by atoms with Crippen LogP contribution in [0.3, 0.4) is 0 Å². The Morgan fingerprint density at radius 2 is 2.08 bits per heavy atom. The van der Waals surface area contributed by atoms with E-state index in [0.29, 0.717) is 22.5 Å². The minimum Gasteiger partial charge on any atom is -0.494 e. The maximum atomic E-state index is 12.2. The van der Waals surface area contributed by atoms with Crippen molar-refractivity contribution in [3.8, 4) is 11.5 Å². The summed E-state index contributed by atoms with van der Waals surface area (Å²) < 4.78 is 12.7. The highest BCUT2D eigenvalue weighted by molar-refractivity contribution is 9.10. The number of hydrogen-bond acceptors (Lipinski definition) is 5. The Balaban J connectivity index is 1.64. The van der Waals surface area contributed by atoms with Crippen LogP contribution in [0.15, 0.2) is 40.9 Å². The second-order valence-electron chi connectivity index (χ2n) is 6.01. The van der Waals surface area contributed by atoms with Crippen molar-refractivity contribution < 1.29 is 14.3 Å². The van der Waals surface area contributed by atoms with E-state index in [1.165, 1.54) is 16.9 Å². The van der Waals surface area contributed by atoms with Crippen molar-refractivity contribution in [2.24, 2.45) is 0 Å². The van der Waals surface area contributed by atoms with Crippen molar-refractivity contribution in [3.05, 3.63) is 46.4 Å². The molecule has 1 heterocycles. The van der Waals surface area contributed by atoms with Crippen LogP contribution in [0.4, 0.5) is 5.13 Å². The van der Waals surface area contributed by atoms with Gasteiger partial charge in [-0.2, -0.15) is 0 Å². The molecule has 5 nitrogen and oxygen atoms in total. The van der Waals surface area contributed by atoms with Gasteiger partial charge in [-0.3, -0.25) is 10.1 Å². The molecule has 1 aromatic heterocycles. The standard InChI is InChI=1S/C19H19BrN2O3S/c1-11(2)12-7-8-14(13(20)9-12)25-10-17(23)21-19-22-18-15(24-3)5-4-6-16(18)26-19/h4-9,11H,10H2,1-3H3,(H,21,22,23). The largest absolute Gasteiger partial charge is 0.494 e. The molecule has 3 rings (SSSR count). The summed E-state index contributed by atoms with van der Waals surface area (Å²) in [6, 6.07) is 11.6. The van der Waals surface area contributed by atoms with Crippen molar-refractivity contribution >= 4 is 48.5 Å². The van der Waals surface area contributed by atoms with Crippen molar-refractivity contribution in [2.45, 2.75) is 19.8 Å². The fourth-order valence-electron chi connectivity index (χ4n) is 2.43. The maximum Gasteiger partial charge on any atom is 0.264 e. The van der Waals surface area contributed by atoms with Gasteiger partial charge in [-0.05, 0) is 51.7 Å². The lowest BCUT2D eigenvalue weighted by Crippen LogP contribution is -2.20. The fourth-order valence-corrected chi connectivity index (χ4v) is 3.84.